The molecular weight excluding hydrogens is 280 g/mol. The van der Waals surface area contributed by atoms with Crippen LogP contribution in [0.25, 0.3) is 0 Å². The van der Waals surface area contributed by atoms with E-state index in [4.69, 9.17) is 0 Å². The van der Waals surface area contributed by atoms with Gasteiger partial charge in [0.15, 0.2) is 0 Å². The number of nitrogens with zero attached hydrogens (tertiary/aromatic N) is 2. The van der Waals surface area contributed by atoms with Crippen LogP contribution in [-0.2, 0) is 0 Å². The summed E-state index contributed by atoms with van der Waals surface area (Å²) in [5.41, 5.74) is 2.19. The van der Waals surface area contributed by atoms with Gasteiger partial charge in [0.25, 0.3) is 5.69 Å². The second kappa shape index (κ2) is 6.08. The van der Waals surface area contributed by atoms with Crippen molar-refractivity contribution < 1.29 is 13.7 Å². The number of hydrazone groups is 1. The van der Waals surface area contributed by atoms with Gasteiger partial charge in [-0.05, 0) is 25.1 Å². The molecule has 0 fully saturated rings. The van der Waals surface area contributed by atoms with E-state index in [0.717, 1.165) is 12.1 Å². The first-order valence-electron chi connectivity index (χ1n) is 5.99. The molecule has 2 aromatic carbocycles. The predicted octanol–water partition coefficient (Wildman–Crippen LogP) is 3.71. The van der Waals surface area contributed by atoms with Crippen molar-refractivity contribution in [2.45, 2.75) is 6.92 Å². The number of nitro benzene ring substituents is 1. The van der Waals surface area contributed by atoms with Crippen LogP contribution < -0.4 is 5.43 Å². The van der Waals surface area contributed by atoms with E-state index in [0.29, 0.717) is 0 Å². The van der Waals surface area contributed by atoms with Crippen molar-refractivity contribution >= 4 is 17.1 Å². The third-order valence-electron chi connectivity index (χ3n) is 2.77. The molecule has 0 aliphatic carbocycles. The van der Waals surface area contributed by atoms with Gasteiger partial charge in [-0.1, -0.05) is 18.2 Å². The largest absolute Gasteiger partial charge is 0.294 e. The number of hydrogen-bond donors (Lipinski definition) is 1. The van der Waals surface area contributed by atoms with Gasteiger partial charge in [-0.2, -0.15) is 5.10 Å². The fourth-order valence-electron chi connectivity index (χ4n) is 1.77. The zero-order chi connectivity index (χ0) is 15.4. The Morgan fingerprint density at radius 3 is 2.38 bits per heavy atom. The number of hydrogen-bond acceptors (Lipinski definition) is 4. The lowest BCUT2D eigenvalue weighted by Crippen LogP contribution is -2.06. The van der Waals surface area contributed by atoms with Crippen molar-refractivity contribution in [3.8, 4) is 0 Å². The summed E-state index contributed by atoms with van der Waals surface area (Å²) >= 11 is 0. The zero-order valence-electron chi connectivity index (χ0n) is 11.0. The second-order valence-electron chi connectivity index (χ2n) is 4.18. The van der Waals surface area contributed by atoms with Crippen LogP contribution in [0.2, 0.25) is 0 Å². The number of para-hydroxylation sites is 2. The maximum absolute atomic E-state index is 13.6. The van der Waals surface area contributed by atoms with E-state index in [1.165, 1.54) is 31.2 Å². The zero-order valence-corrected chi connectivity index (χ0v) is 11.0. The van der Waals surface area contributed by atoms with E-state index in [1.807, 2.05) is 0 Å². The van der Waals surface area contributed by atoms with Gasteiger partial charge < -0.3 is 0 Å². The molecule has 2 aromatic rings. The third-order valence-corrected chi connectivity index (χ3v) is 2.77. The first-order chi connectivity index (χ1) is 10.0. The number of nitrogens with one attached hydrogen (secondary N) is 1. The van der Waals surface area contributed by atoms with E-state index < -0.39 is 16.6 Å². The topological polar surface area (TPSA) is 67.5 Å². The fourth-order valence-corrected chi connectivity index (χ4v) is 1.77. The molecule has 0 amide bonds. The van der Waals surface area contributed by atoms with E-state index in [9.17, 15) is 18.9 Å². The summed E-state index contributed by atoms with van der Waals surface area (Å²) in [7, 11) is 0. The van der Waals surface area contributed by atoms with E-state index in [1.54, 1.807) is 6.07 Å². The third kappa shape index (κ3) is 3.19. The number of anilines is 1. The first-order valence-corrected chi connectivity index (χ1v) is 5.99. The molecule has 0 aliphatic heterocycles. The van der Waals surface area contributed by atoms with Crippen LogP contribution in [0.1, 0.15) is 12.5 Å². The van der Waals surface area contributed by atoms with Gasteiger partial charge in [-0.3, -0.25) is 15.5 Å². The van der Waals surface area contributed by atoms with Gasteiger partial charge in [-0.15, -0.1) is 0 Å². The molecule has 0 bridgehead atoms. The summed E-state index contributed by atoms with van der Waals surface area (Å²) in [4.78, 5) is 10.3. The number of halogens is 2. The predicted molar refractivity (Wildman–Crippen MR) is 75.3 cm³/mol. The Hall–Kier alpha value is -2.83. The van der Waals surface area contributed by atoms with Crippen LogP contribution in [-0.4, -0.2) is 10.6 Å². The monoisotopic (exact) mass is 291 g/mol. The average molecular weight is 291 g/mol. The van der Waals surface area contributed by atoms with E-state index in [2.05, 4.69) is 10.5 Å². The molecule has 0 aliphatic rings. The van der Waals surface area contributed by atoms with Crippen molar-refractivity contribution in [3.63, 3.8) is 0 Å². The summed E-state index contributed by atoms with van der Waals surface area (Å²) in [5.74, 6) is -1.50. The fraction of sp³-hybridized carbons (Fsp3) is 0.0714. The summed E-state index contributed by atoms with van der Waals surface area (Å²) < 4.78 is 27.2. The highest BCUT2D eigenvalue weighted by Gasteiger charge is 2.14. The molecule has 0 heterocycles. The Labute approximate surface area is 119 Å². The van der Waals surface area contributed by atoms with Crippen LogP contribution in [0.15, 0.2) is 47.6 Å². The van der Waals surface area contributed by atoms with Gasteiger partial charge in [-0.25, -0.2) is 8.78 Å². The molecule has 0 radical (unpaired) electrons. The molecule has 2 rings (SSSR count). The smallest absolute Gasteiger partial charge is 0.271 e. The van der Waals surface area contributed by atoms with Crippen LogP contribution in [0.3, 0.4) is 0 Å². The molecule has 108 valence electrons. The van der Waals surface area contributed by atoms with Crippen LogP contribution in [0.5, 0.6) is 0 Å². The molecule has 0 atom stereocenters. The van der Waals surface area contributed by atoms with Gasteiger partial charge in [0.2, 0.25) is 0 Å². The van der Waals surface area contributed by atoms with Crippen LogP contribution in [0, 0.1) is 21.7 Å². The lowest BCUT2D eigenvalue weighted by Gasteiger charge is -2.06. The maximum atomic E-state index is 13.6. The number of benzene rings is 2. The highest BCUT2D eigenvalue weighted by Crippen LogP contribution is 2.23. The molecule has 0 aromatic heterocycles. The minimum absolute atomic E-state index is 0.0451. The molecule has 21 heavy (non-hydrogen) atoms. The summed E-state index contributed by atoms with van der Waals surface area (Å²) in [6.07, 6.45) is 0. The van der Waals surface area contributed by atoms with Crippen molar-refractivity contribution in [2.75, 3.05) is 5.43 Å². The molecule has 5 nitrogen and oxygen atoms in total. The van der Waals surface area contributed by atoms with Crippen LogP contribution in [0.4, 0.5) is 20.2 Å². The van der Waals surface area contributed by atoms with Gasteiger partial charge in [0.05, 0.1) is 16.2 Å². The quantitative estimate of drug-likeness (QED) is 0.530. The SMILES string of the molecule is C/C(=N/Nc1ccccc1[N+](=O)[O-])c1c(F)cccc1F. The maximum Gasteiger partial charge on any atom is 0.294 e. The molecule has 0 unspecified atom stereocenters. The van der Waals surface area contributed by atoms with Crippen LogP contribution >= 0.6 is 0 Å². The van der Waals surface area contributed by atoms with Crippen molar-refractivity contribution in [3.05, 3.63) is 69.8 Å². The van der Waals surface area contributed by atoms with E-state index in [-0.39, 0.29) is 22.6 Å². The second-order valence-corrected chi connectivity index (χ2v) is 4.18. The number of nitro groups is 1. The lowest BCUT2D eigenvalue weighted by molar-refractivity contribution is -0.384. The lowest BCUT2D eigenvalue weighted by atomic mass is 10.1. The molecular formula is C14H11F2N3O2. The molecule has 1 N–H and O–H groups in total. The van der Waals surface area contributed by atoms with E-state index >= 15 is 0 Å². The van der Waals surface area contributed by atoms with Crippen molar-refractivity contribution in [1.29, 1.82) is 0 Å². The Morgan fingerprint density at radius 2 is 1.76 bits per heavy atom. The van der Waals surface area contributed by atoms with Crippen molar-refractivity contribution in [1.82, 2.24) is 0 Å². The van der Waals surface area contributed by atoms with Gasteiger partial charge in [0, 0.05) is 6.07 Å². The highest BCUT2D eigenvalue weighted by molar-refractivity contribution is 5.99. The Balaban J connectivity index is 2.32. The summed E-state index contributed by atoms with van der Waals surface area (Å²) in [6, 6.07) is 9.32. The average Bonchev–Trinajstić information content (AvgIpc) is 2.45. The normalized spacial score (nSPS) is 11.3. The Morgan fingerprint density at radius 1 is 1.14 bits per heavy atom. The summed E-state index contributed by atoms with van der Waals surface area (Å²) in [5, 5.41) is 14.7. The standard InChI is InChI=1S/C14H11F2N3O2/c1-9(14-10(15)5-4-6-11(14)16)17-18-12-7-2-3-8-13(12)19(20)21/h2-8,18H,1H3/b17-9-. The van der Waals surface area contributed by atoms with Gasteiger partial charge >= 0.3 is 0 Å². The molecule has 0 saturated heterocycles. The van der Waals surface area contributed by atoms with Crippen molar-refractivity contribution in [2.24, 2.45) is 5.10 Å². The number of rotatable bonds is 4. The Bertz CT molecular complexity index is 697. The highest BCUT2D eigenvalue weighted by atomic mass is 19.1. The minimum atomic E-state index is -0.749. The molecule has 0 spiro atoms. The summed E-state index contributed by atoms with van der Waals surface area (Å²) in [6.45, 7) is 1.41. The Kier molecular flexibility index (Phi) is 4.22. The molecule has 0 saturated carbocycles. The van der Waals surface area contributed by atoms with Gasteiger partial charge in [0.1, 0.15) is 17.3 Å². The minimum Gasteiger partial charge on any atom is -0.271 e. The molecule has 7 heteroatoms. The first kappa shape index (κ1) is 14.6.